The summed E-state index contributed by atoms with van der Waals surface area (Å²) in [4.78, 5) is 14.8. The molecule has 7 aromatic carbocycles. The molecule has 0 saturated heterocycles. The Labute approximate surface area is 362 Å². The van der Waals surface area contributed by atoms with Crippen LogP contribution in [0.4, 0.5) is 0 Å². The summed E-state index contributed by atoms with van der Waals surface area (Å²) in [6.07, 6.45) is 3.68. The van der Waals surface area contributed by atoms with Crippen LogP contribution in [0.2, 0.25) is 0 Å². The molecule has 0 fully saturated rings. The molecule has 13 rings (SSSR count). The van der Waals surface area contributed by atoms with Crippen molar-refractivity contribution in [2.75, 3.05) is 0 Å². The highest BCUT2D eigenvalue weighted by molar-refractivity contribution is 6.12. The zero-order valence-corrected chi connectivity index (χ0v) is 34.0. The fourth-order valence-corrected chi connectivity index (χ4v) is 9.71. The van der Waals surface area contributed by atoms with E-state index in [1.807, 2.05) is 24.5 Å². The van der Waals surface area contributed by atoms with Gasteiger partial charge in [0.15, 0.2) is 0 Å². The second-order valence-corrected chi connectivity index (χ2v) is 16.1. The smallest absolute Gasteiger partial charge is 0.138 e. The van der Waals surface area contributed by atoms with Gasteiger partial charge in [-0.3, -0.25) is 14.5 Å². The highest BCUT2D eigenvalue weighted by Crippen LogP contribution is 2.40. The van der Waals surface area contributed by atoms with E-state index < -0.39 is 0 Å². The minimum atomic E-state index is 0.885. The first kappa shape index (κ1) is 35.2. The molecule has 0 aliphatic carbocycles. The number of fused-ring (bicyclic) bond motifs is 9. The number of para-hydroxylation sites is 2. The van der Waals surface area contributed by atoms with Crippen LogP contribution in [0.15, 0.2) is 219 Å². The third-order valence-corrected chi connectivity index (χ3v) is 12.5. The summed E-state index contributed by atoms with van der Waals surface area (Å²) in [7, 11) is 0. The molecule has 0 aliphatic rings. The molecule has 6 heteroatoms. The lowest BCUT2D eigenvalue weighted by atomic mass is 10.0. The molecule has 0 atom stereocenters. The Balaban J connectivity index is 0.984. The summed E-state index contributed by atoms with van der Waals surface area (Å²) < 4.78 is 7.00. The third kappa shape index (κ3) is 5.55. The van der Waals surface area contributed by atoms with E-state index in [1.165, 1.54) is 21.5 Å². The fourth-order valence-electron chi connectivity index (χ4n) is 9.71. The maximum absolute atomic E-state index is 5.35. The Bertz CT molecular complexity index is 3800. The highest BCUT2D eigenvalue weighted by Gasteiger charge is 2.19. The summed E-state index contributed by atoms with van der Waals surface area (Å²) in [5, 5.41) is 4.79. The normalized spacial score (nSPS) is 11.8. The van der Waals surface area contributed by atoms with Gasteiger partial charge in [-0.1, -0.05) is 121 Å². The van der Waals surface area contributed by atoms with Crippen molar-refractivity contribution in [3.63, 3.8) is 0 Å². The lowest BCUT2D eigenvalue weighted by molar-refractivity contribution is 1.08. The van der Waals surface area contributed by atoms with Crippen LogP contribution >= 0.6 is 0 Å². The molecular formula is C57H36N6. The average Bonchev–Trinajstić information content (AvgIpc) is 4.00. The van der Waals surface area contributed by atoms with Gasteiger partial charge in [-0.15, -0.1) is 0 Å². The Hall–Kier alpha value is -8.61. The number of benzene rings is 7. The van der Waals surface area contributed by atoms with Gasteiger partial charge in [0.1, 0.15) is 16.9 Å². The van der Waals surface area contributed by atoms with Crippen molar-refractivity contribution in [2.24, 2.45) is 0 Å². The number of rotatable bonds is 6. The molecule has 0 spiro atoms. The van der Waals surface area contributed by atoms with Crippen LogP contribution in [-0.2, 0) is 0 Å². The Morgan fingerprint density at radius 1 is 0.286 bits per heavy atom. The number of aromatic nitrogens is 6. The van der Waals surface area contributed by atoms with Crippen LogP contribution in [0.3, 0.4) is 0 Å². The molecule has 294 valence electrons. The SMILES string of the molecule is c1ccc(-c2cc(-c3ccccc3)nc(-n3c4ccccc4c4cc(-c5ccc6c7ccccc7n(-c7cccc(-n8c9cccnc9c9ncccc98)c7)c6c5)ccc43)c2)cc1. The first-order chi connectivity index (χ1) is 31.2. The van der Waals surface area contributed by atoms with Crippen LogP contribution in [0.1, 0.15) is 0 Å². The molecular weight excluding hydrogens is 769 g/mol. The second-order valence-electron chi connectivity index (χ2n) is 16.1. The third-order valence-electron chi connectivity index (χ3n) is 12.5. The Morgan fingerprint density at radius 3 is 1.54 bits per heavy atom. The first-order valence-corrected chi connectivity index (χ1v) is 21.3. The number of pyridine rings is 3. The van der Waals surface area contributed by atoms with Crippen molar-refractivity contribution < 1.29 is 0 Å². The van der Waals surface area contributed by atoms with E-state index in [4.69, 9.17) is 15.0 Å². The molecule has 6 nitrogen and oxygen atoms in total. The monoisotopic (exact) mass is 804 g/mol. The van der Waals surface area contributed by atoms with E-state index in [-0.39, 0.29) is 0 Å². The zero-order valence-electron chi connectivity index (χ0n) is 34.0. The van der Waals surface area contributed by atoms with Crippen molar-refractivity contribution in [3.05, 3.63) is 219 Å². The van der Waals surface area contributed by atoms with Gasteiger partial charge < -0.3 is 9.13 Å². The van der Waals surface area contributed by atoms with Gasteiger partial charge in [0.05, 0.1) is 38.8 Å². The van der Waals surface area contributed by atoms with E-state index in [1.54, 1.807) is 0 Å². The van der Waals surface area contributed by atoms with E-state index in [2.05, 4.69) is 208 Å². The van der Waals surface area contributed by atoms with Crippen molar-refractivity contribution in [1.82, 2.24) is 28.7 Å². The average molecular weight is 805 g/mol. The van der Waals surface area contributed by atoms with Crippen molar-refractivity contribution in [3.8, 4) is 50.7 Å². The standard InChI is InChI=1S/C57H36N6/c1-3-14-37(15-4-1)41-33-48(38-16-5-2-6-17-38)60-55(35-41)63-50-23-10-8-21-45(50)47-32-39(27-29-51(47)63)40-26-28-46-44-20-7-9-22-49(44)61(54(46)34-40)42-18-11-19-43(36-42)62-52-24-12-30-58-56(52)57-53(62)25-13-31-59-57/h1-36H. The largest absolute Gasteiger partial charge is 0.309 e. The van der Waals surface area contributed by atoms with Gasteiger partial charge in [-0.25, -0.2) is 4.98 Å². The van der Waals surface area contributed by atoms with Gasteiger partial charge in [0.25, 0.3) is 0 Å². The number of hydrogen-bond acceptors (Lipinski definition) is 3. The first-order valence-electron chi connectivity index (χ1n) is 21.3. The molecule has 0 saturated carbocycles. The quantitative estimate of drug-likeness (QED) is 0.168. The summed E-state index contributed by atoms with van der Waals surface area (Å²) in [5.41, 5.74) is 17.1. The van der Waals surface area contributed by atoms with Crippen LogP contribution < -0.4 is 0 Å². The summed E-state index contributed by atoms with van der Waals surface area (Å²) in [5.74, 6) is 0.885. The highest BCUT2D eigenvalue weighted by atomic mass is 15.1. The maximum Gasteiger partial charge on any atom is 0.138 e. The van der Waals surface area contributed by atoms with Gasteiger partial charge >= 0.3 is 0 Å². The van der Waals surface area contributed by atoms with Crippen LogP contribution in [0.25, 0.3) is 116 Å². The Kier molecular flexibility index (Phi) is 7.80. The maximum atomic E-state index is 5.35. The summed E-state index contributed by atoms with van der Waals surface area (Å²) >= 11 is 0. The van der Waals surface area contributed by atoms with E-state index in [9.17, 15) is 0 Å². The van der Waals surface area contributed by atoms with Gasteiger partial charge in [0, 0.05) is 50.9 Å². The van der Waals surface area contributed by atoms with Crippen LogP contribution in [-0.4, -0.2) is 28.7 Å². The topological polar surface area (TPSA) is 53.5 Å². The lowest BCUT2D eigenvalue weighted by Crippen LogP contribution is -2.00. The predicted molar refractivity (Wildman–Crippen MR) is 259 cm³/mol. The van der Waals surface area contributed by atoms with Gasteiger partial charge in [-0.2, -0.15) is 0 Å². The number of nitrogens with zero attached hydrogens (tertiary/aromatic N) is 6. The molecule has 0 N–H and O–H groups in total. The summed E-state index contributed by atoms with van der Waals surface area (Å²) in [6, 6.07) is 73.7. The van der Waals surface area contributed by atoms with E-state index in [0.717, 1.165) is 94.8 Å². The Morgan fingerprint density at radius 2 is 0.825 bits per heavy atom. The van der Waals surface area contributed by atoms with Gasteiger partial charge in [0.2, 0.25) is 0 Å². The predicted octanol–water partition coefficient (Wildman–Crippen LogP) is 14.2. The molecule has 0 radical (unpaired) electrons. The fraction of sp³-hybridized carbons (Fsp3) is 0. The second kappa shape index (κ2) is 14.0. The van der Waals surface area contributed by atoms with E-state index >= 15 is 0 Å². The minimum Gasteiger partial charge on any atom is -0.309 e. The van der Waals surface area contributed by atoms with Crippen molar-refractivity contribution in [1.29, 1.82) is 0 Å². The molecule has 63 heavy (non-hydrogen) atoms. The molecule has 13 aromatic rings. The molecule has 0 unspecified atom stereocenters. The van der Waals surface area contributed by atoms with Crippen molar-refractivity contribution >= 4 is 65.7 Å². The van der Waals surface area contributed by atoms with Crippen LogP contribution in [0, 0.1) is 0 Å². The molecule has 0 amide bonds. The zero-order chi connectivity index (χ0) is 41.4. The molecule has 0 bridgehead atoms. The lowest BCUT2D eigenvalue weighted by Gasteiger charge is -2.13. The van der Waals surface area contributed by atoms with E-state index in [0.29, 0.717) is 0 Å². The van der Waals surface area contributed by atoms with Crippen LogP contribution in [0.5, 0.6) is 0 Å². The van der Waals surface area contributed by atoms with Crippen molar-refractivity contribution in [2.45, 2.75) is 0 Å². The molecule has 6 aromatic heterocycles. The minimum absolute atomic E-state index is 0.885. The summed E-state index contributed by atoms with van der Waals surface area (Å²) in [6.45, 7) is 0. The molecule has 0 aliphatic heterocycles. The number of hydrogen-bond donors (Lipinski definition) is 0. The molecule has 6 heterocycles. The van der Waals surface area contributed by atoms with Gasteiger partial charge in [-0.05, 0) is 107 Å².